The second-order valence-electron chi connectivity index (χ2n) is 13.3. The third kappa shape index (κ3) is 16.1. The number of carbonyl (C=O) groups is 9. The number of phenols is 1. The number of hydrogen-bond acceptors (Lipinski definition) is 14. The van der Waals surface area contributed by atoms with Crippen molar-refractivity contribution >= 4 is 59.3 Å². The van der Waals surface area contributed by atoms with Gasteiger partial charge in [0.1, 0.15) is 42.0 Å². The number of nitrogens with one attached hydrogen (secondary N) is 5. The molecule has 1 aromatic rings. The van der Waals surface area contributed by atoms with Gasteiger partial charge in [-0.1, -0.05) is 12.1 Å². The number of rotatable bonds is 24. The SMILES string of the molecule is NC(N)=NCCC[C@H](NC(=O)[C@H](CC(=O)O)NC(=O)[C@H](CO)NC(=O)[C@H](CC(=O)O)NC(=O)[C@@H](N)Cc1ccc(O)cc1)C(=O)N1CCC[C@H]1C(=O)N[C@@H](CO)C(=O)O. The van der Waals surface area contributed by atoms with Gasteiger partial charge in [-0.2, -0.15) is 0 Å². The lowest BCUT2D eigenvalue weighted by Crippen LogP contribution is -2.60. The largest absolute Gasteiger partial charge is 0.508 e. The molecule has 2 rings (SSSR count). The lowest BCUT2D eigenvalue weighted by atomic mass is 10.0. The van der Waals surface area contributed by atoms with Gasteiger partial charge in [-0.15, -0.1) is 0 Å². The number of benzene rings is 1. The maximum atomic E-state index is 13.8. The van der Waals surface area contributed by atoms with Crippen LogP contribution in [0.4, 0.5) is 0 Å². The summed E-state index contributed by atoms with van der Waals surface area (Å²) < 4.78 is 0. The number of hydrogen-bond donors (Lipinski definition) is 14. The Kier molecular flexibility index (Phi) is 19.4. The van der Waals surface area contributed by atoms with Crippen molar-refractivity contribution in [2.24, 2.45) is 22.2 Å². The molecule has 0 bridgehead atoms. The van der Waals surface area contributed by atoms with Crippen LogP contribution in [0.1, 0.15) is 44.1 Å². The van der Waals surface area contributed by atoms with Crippen molar-refractivity contribution in [3.05, 3.63) is 29.8 Å². The Bertz CT molecular complexity index is 1720. The molecule has 0 unspecified atom stereocenters. The highest BCUT2D eigenvalue weighted by atomic mass is 16.4. The number of guanidine groups is 1. The number of likely N-dealkylation sites (tertiary alicyclic amines) is 1. The zero-order valence-corrected chi connectivity index (χ0v) is 31.6. The molecule has 1 aromatic carbocycles. The predicted molar refractivity (Wildman–Crippen MR) is 200 cm³/mol. The van der Waals surface area contributed by atoms with E-state index in [2.05, 4.69) is 26.3 Å². The molecule has 0 aliphatic carbocycles. The zero-order valence-electron chi connectivity index (χ0n) is 31.6. The fraction of sp³-hybridized carbons (Fsp3) is 0.529. The maximum absolute atomic E-state index is 13.8. The van der Waals surface area contributed by atoms with Gasteiger partial charge >= 0.3 is 17.9 Å². The highest BCUT2D eigenvalue weighted by molar-refractivity contribution is 5.98. The summed E-state index contributed by atoms with van der Waals surface area (Å²) in [5.41, 5.74) is 17.1. The first-order valence-electron chi connectivity index (χ1n) is 18.1. The predicted octanol–water partition coefficient (Wildman–Crippen LogP) is -6.25. The van der Waals surface area contributed by atoms with Gasteiger partial charge in [0.05, 0.1) is 32.1 Å². The Morgan fingerprint density at radius 2 is 1.24 bits per heavy atom. The molecule has 1 saturated heterocycles. The van der Waals surface area contributed by atoms with Gasteiger partial charge in [-0.05, 0) is 49.8 Å². The van der Waals surface area contributed by atoms with Crippen LogP contribution in [0, 0.1) is 0 Å². The molecule has 1 heterocycles. The van der Waals surface area contributed by atoms with Crippen LogP contribution in [0.2, 0.25) is 0 Å². The minimum absolute atomic E-state index is 0.0189. The van der Waals surface area contributed by atoms with Gasteiger partial charge in [0, 0.05) is 13.1 Å². The van der Waals surface area contributed by atoms with Crippen LogP contribution in [0.25, 0.3) is 0 Å². The van der Waals surface area contributed by atoms with Gasteiger partial charge in [0.2, 0.25) is 35.4 Å². The number of aliphatic imine (C=N–C) groups is 1. The maximum Gasteiger partial charge on any atom is 0.328 e. The average Bonchev–Trinajstić information content (AvgIpc) is 3.66. The Morgan fingerprint density at radius 3 is 1.75 bits per heavy atom. The summed E-state index contributed by atoms with van der Waals surface area (Å²) in [6.45, 7) is -2.17. The van der Waals surface area contributed by atoms with Gasteiger partial charge in [0.15, 0.2) is 5.96 Å². The molecule has 1 fully saturated rings. The molecule has 0 spiro atoms. The van der Waals surface area contributed by atoms with Gasteiger partial charge in [-0.25, -0.2) is 4.79 Å². The van der Waals surface area contributed by atoms with Crippen LogP contribution in [-0.2, 0) is 49.6 Å². The Balaban J connectivity index is 2.25. The molecule has 1 aliphatic rings. The molecule has 25 heteroatoms. The van der Waals surface area contributed by atoms with E-state index in [0.717, 1.165) is 4.90 Å². The van der Waals surface area contributed by atoms with E-state index in [1.165, 1.54) is 24.3 Å². The van der Waals surface area contributed by atoms with Gasteiger partial charge < -0.3 is 79.3 Å². The number of amides is 6. The number of phenolic OH excluding ortho intramolecular Hbond substituents is 1. The molecule has 0 aromatic heterocycles. The summed E-state index contributed by atoms with van der Waals surface area (Å²) in [6, 6.07) is -5.82. The number of aromatic hydroxyl groups is 1. The normalized spacial score (nSPS) is 16.5. The lowest BCUT2D eigenvalue weighted by molar-refractivity contribution is -0.146. The van der Waals surface area contributed by atoms with Crippen LogP contribution in [0.5, 0.6) is 5.75 Å². The molecule has 25 nitrogen and oxygen atoms in total. The van der Waals surface area contributed by atoms with Crippen LogP contribution in [0.15, 0.2) is 29.3 Å². The van der Waals surface area contributed by atoms with Crippen LogP contribution >= 0.6 is 0 Å². The Hall–Kier alpha value is -6.60. The second-order valence-corrected chi connectivity index (χ2v) is 13.3. The van der Waals surface area contributed by atoms with Crippen molar-refractivity contribution in [3.63, 3.8) is 0 Å². The number of aliphatic hydroxyl groups is 2. The topological polar surface area (TPSA) is 429 Å². The summed E-state index contributed by atoms with van der Waals surface area (Å²) in [5.74, 6) is -11.6. The lowest BCUT2D eigenvalue weighted by Gasteiger charge is -2.30. The summed E-state index contributed by atoms with van der Waals surface area (Å²) in [7, 11) is 0. The van der Waals surface area contributed by atoms with Gasteiger partial charge in [0.25, 0.3) is 0 Å². The van der Waals surface area contributed by atoms with E-state index in [4.69, 9.17) is 17.2 Å². The number of aliphatic carboxylic acids is 3. The van der Waals surface area contributed by atoms with E-state index in [9.17, 15) is 73.8 Å². The average molecular weight is 839 g/mol. The van der Waals surface area contributed by atoms with E-state index in [1.54, 1.807) is 0 Å². The molecule has 0 saturated carbocycles. The standard InChI is InChI=1S/C34H50N10O15/c35-18(11-16-5-7-17(47)8-6-16)27(52)40-20(12-25(48)49)29(54)42-22(14-45)30(55)41-21(13-26(50)51)28(53)39-19(3-1-9-38-34(36)37)32(57)44-10-2-4-24(44)31(56)43-23(15-46)33(58)59/h5-8,18-24,45-47H,1-4,9-15,35H2,(H,39,53)(H,40,52)(H,41,55)(H,42,54)(H,43,56)(H,48,49)(H,50,51)(H,58,59)(H4,36,37,38)/t18-,19-,20-,21-,22-,23-,24-/m0/s1. The Morgan fingerprint density at radius 1 is 0.729 bits per heavy atom. The molecule has 1 aliphatic heterocycles. The number of carboxylic acids is 3. The molecule has 59 heavy (non-hydrogen) atoms. The summed E-state index contributed by atoms with van der Waals surface area (Å²) in [4.78, 5) is 119. The molecule has 17 N–H and O–H groups in total. The van der Waals surface area contributed by atoms with E-state index >= 15 is 0 Å². The van der Waals surface area contributed by atoms with Crippen molar-refractivity contribution in [2.75, 3.05) is 26.3 Å². The number of carboxylic acid groups (broad SMARTS) is 3. The Labute approximate surface area is 335 Å². The quantitative estimate of drug-likeness (QED) is 0.0262. The molecular formula is C34H50N10O15. The molecule has 7 atom stereocenters. The fourth-order valence-corrected chi connectivity index (χ4v) is 5.75. The number of nitrogens with two attached hydrogens (primary N) is 3. The van der Waals surface area contributed by atoms with Crippen molar-refractivity contribution in [1.82, 2.24) is 31.5 Å². The zero-order chi connectivity index (χ0) is 44.4. The number of aliphatic hydroxyl groups excluding tert-OH is 2. The second kappa shape index (κ2) is 23.6. The summed E-state index contributed by atoms with van der Waals surface area (Å²) >= 11 is 0. The third-order valence-electron chi connectivity index (χ3n) is 8.76. The monoisotopic (exact) mass is 838 g/mol. The summed E-state index contributed by atoms with van der Waals surface area (Å²) in [5, 5.41) is 67.7. The van der Waals surface area contributed by atoms with Crippen molar-refractivity contribution in [1.29, 1.82) is 0 Å². The number of carbonyl (C=O) groups excluding carboxylic acids is 6. The van der Waals surface area contributed by atoms with E-state index in [-0.39, 0.29) is 56.9 Å². The minimum Gasteiger partial charge on any atom is -0.508 e. The first-order valence-corrected chi connectivity index (χ1v) is 18.1. The highest BCUT2D eigenvalue weighted by Crippen LogP contribution is 2.20. The highest BCUT2D eigenvalue weighted by Gasteiger charge is 2.40. The fourth-order valence-electron chi connectivity index (χ4n) is 5.75. The molecular weight excluding hydrogens is 788 g/mol. The van der Waals surface area contributed by atoms with Crippen molar-refractivity contribution < 1.29 is 73.8 Å². The van der Waals surface area contributed by atoms with E-state index in [1.807, 2.05) is 5.32 Å². The smallest absolute Gasteiger partial charge is 0.328 e. The van der Waals surface area contributed by atoms with Crippen LogP contribution < -0.4 is 43.8 Å². The third-order valence-corrected chi connectivity index (χ3v) is 8.76. The van der Waals surface area contributed by atoms with Crippen LogP contribution in [-0.4, -0.2) is 163 Å². The van der Waals surface area contributed by atoms with E-state index in [0.29, 0.717) is 5.56 Å². The van der Waals surface area contributed by atoms with E-state index < -0.39 is 122 Å². The minimum atomic E-state index is -1.97. The van der Waals surface area contributed by atoms with Crippen LogP contribution in [0.3, 0.4) is 0 Å². The van der Waals surface area contributed by atoms with Crippen molar-refractivity contribution in [3.8, 4) is 5.75 Å². The molecule has 6 amide bonds. The first kappa shape index (κ1) is 48.5. The van der Waals surface area contributed by atoms with Crippen molar-refractivity contribution in [2.45, 2.75) is 87.2 Å². The van der Waals surface area contributed by atoms with Gasteiger partial charge in [-0.3, -0.25) is 43.3 Å². The summed E-state index contributed by atoms with van der Waals surface area (Å²) in [6.07, 6.45) is -1.97. The number of nitrogens with zero attached hydrogens (tertiary/aromatic N) is 2. The molecule has 326 valence electrons. The molecule has 0 radical (unpaired) electrons. The first-order chi connectivity index (χ1) is 27.8.